The molecule has 4 heteroatoms. The molecule has 1 aromatic rings. The van der Waals surface area contributed by atoms with Crippen LogP contribution in [-0.2, 0) is 4.79 Å². The summed E-state index contributed by atoms with van der Waals surface area (Å²) in [6.07, 6.45) is 0.606. The summed E-state index contributed by atoms with van der Waals surface area (Å²) in [6.45, 7) is 5.14. The Bertz CT molecular complexity index is 459. The second kappa shape index (κ2) is 5.02. The Balaban J connectivity index is 2.39. The van der Waals surface area contributed by atoms with Crippen LogP contribution >= 0.6 is 15.9 Å². The van der Waals surface area contributed by atoms with Crippen molar-refractivity contribution < 1.29 is 4.79 Å². The van der Waals surface area contributed by atoms with Crippen LogP contribution in [-0.4, -0.2) is 25.0 Å². The molecule has 1 amide bonds. The summed E-state index contributed by atoms with van der Waals surface area (Å²) < 4.78 is 0.969. The third-order valence-corrected chi connectivity index (χ3v) is 4.46. The second-order valence-electron chi connectivity index (χ2n) is 5.29. The number of anilines is 1. The van der Waals surface area contributed by atoms with Crippen LogP contribution in [0, 0.1) is 5.92 Å². The summed E-state index contributed by atoms with van der Waals surface area (Å²) in [5.74, 6) is 0.536. The predicted octanol–water partition coefficient (Wildman–Crippen LogP) is 2.80. The zero-order chi connectivity index (χ0) is 13.3. The third-order valence-electron chi connectivity index (χ3n) is 3.79. The van der Waals surface area contributed by atoms with Crippen LogP contribution < -0.4 is 10.2 Å². The number of nitrogens with one attached hydrogen (secondary N) is 1. The van der Waals surface area contributed by atoms with E-state index in [1.807, 2.05) is 36.2 Å². The highest BCUT2D eigenvalue weighted by atomic mass is 79.9. The fourth-order valence-electron chi connectivity index (χ4n) is 2.70. The maximum absolute atomic E-state index is 12.3. The van der Waals surface area contributed by atoms with Gasteiger partial charge in [-0.1, -0.05) is 12.1 Å². The highest BCUT2D eigenvalue weighted by Crippen LogP contribution is 2.41. The van der Waals surface area contributed by atoms with E-state index in [4.69, 9.17) is 0 Å². The molecule has 1 aromatic carbocycles. The lowest BCUT2D eigenvalue weighted by atomic mass is 9.88. The molecule has 2 rings (SSSR count). The van der Waals surface area contributed by atoms with E-state index in [1.54, 1.807) is 0 Å². The quantitative estimate of drug-likeness (QED) is 0.931. The first-order valence-electron chi connectivity index (χ1n) is 6.20. The zero-order valence-corrected chi connectivity index (χ0v) is 12.6. The maximum atomic E-state index is 12.3. The number of hydrogen-bond donors (Lipinski definition) is 1. The maximum Gasteiger partial charge on any atom is 0.227 e. The van der Waals surface area contributed by atoms with Gasteiger partial charge in [-0.25, -0.2) is 0 Å². The Morgan fingerprint density at radius 3 is 2.72 bits per heavy atom. The molecular weight excluding hydrogens is 292 g/mol. The van der Waals surface area contributed by atoms with Crippen molar-refractivity contribution in [1.29, 1.82) is 0 Å². The molecule has 0 aromatic heterocycles. The van der Waals surface area contributed by atoms with Crippen molar-refractivity contribution in [3.8, 4) is 0 Å². The Morgan fingerprint density at radius 1 is 1.44 bits per heavy atom. The summed E-state index contributed by atoms with van der Waals surface area (Å²) in [4.78, 5) is 14.2. The molecule has 0 bridgehead atoms. The Labute approximate surface area is 117 Å². The molecule has 0 spiro atoms. The molecule has 1 heterocycles. The fourth-order valence-corrected chi connectivity index (χ4v) is 3.16. The van der Waals surface area contributed by atoms with Crippen LogP contribution in [0.3, 0.4) is 0 Å². The molecule has 0 saturated carbocycles. The minimum Gasteiger partial charge on any atom is -0.319 e. The fraction of sp³-hybridized carbons (Fsp3) is 0.500. The van der Waals surface area contributed by atoms with E-state index in [2.05, 4.69) is 35.1 Å². The lowest BCUT2D eigenvalue weighted by molar-refractivity contribution is -0.117. The normalized spacial score (nSPS) is 22.6. The summed E-state index contributed by atoms with van der Waals surface area (Å²) in [5.41, 5.74) is 0.801. The van der Waals surface area contributed by atoms with Gasteiger partial charge in [-0.3, -0.25) is 4.79 Å². The molecule has 1 N–H and O–H groups in total. The Kier molecular flexibility index (Phi) is 3.78. The van der Waals surface area contributed by atoms with Crippen molar-refractivity contribution >= 4 is 27.5 Å². The van der Waals surface area contributed by atoms with Crippen molar-refractivity contribution in [2.24, 2.45) is 5.92 Å². The second-order valence-corrected chi connectivity index (χ2v) is 6.15. The van der Waals surface area contributed by atoms with E-state index in [1.165, 1.54) is 0 Å². The number of nitrogens with zero attached hydrogens (tertiary/aromatic N) is 1. The lowest BCUT2D eigenvalue weighted by Gasteiger charge is -2.36. The van der Waals surface area contributed by atoms with E-state index in [0.29, 0.717) is 12.3 Å². The van der Waals surface area contributed by atoms with Crippen molar-refractivity contribution in [3.05, 3.63) is 28.7 Å². The smallest absolute Gasteiger partial charge is 0.227 e. The van der Waals surface area contributed by atoms with Crippen molar-refractivity contribution in [2.45, 2.75) is 25.8 Å². The summed E-state index contributed by atoms with van der Waals surface area (Å²) >= 11 is 3.53. The van der Waals surface area contributed by atoms with Crippen LogP contribution in [0.25, 0.3) is 0 Å². The zero-order valence-electron chi connectivity index (χ0n) is 11.0. The van der Waals surface area contributed by atoms with E-state index in [0.717, 1.165) is 16.7 Å². The molecule has 1 atom stereocenters. The van der Waals surface area contributed by atoms with Crippen LogP contribution in [0.15, 0.2) is 28.7 Å². The van der Waals surface area contributed by atoms with Gasteiger partial charge >= 0.3 is 0 Å². The Morgan fingerprint density at radius 2 is 2.11 bits per heavy atom. The SMILES string of the molecule is CNCC1CC(=O)N(c2ccccc2Br)C1(C)C. The van der Waals surface area contributed by atoms with Crippen molar-refractivity contribution in [3.63, 3.8) is 0 Å². The number of amides is 1. The summed E-state index contributed by atoms with van der Waals surface area (Å²) in [7, 11) is 1.93. The van der Waals surface area contributed by atoms with Crippen LogP contribution in [0.4, 0.5) is 5.69 Å². The van der Waals surface area contributed by atoms with Gasteiger partial charge in [-0.2, -0.15) is 0 Å². The van der Waals surface area contributed by atoms with Gasteiger partial charge in [0.25, 0.3) is 0 Å². The largest absolute Gasteiger partial charge is 0.319 e. The molecule has 1 fully saturated rings. The van der Waals surface area contributed by atoms with Gasteiger partial charge in [-0.05, 0) is 49.0 Å². The topological polar surface area (TPSA) is 32.3 Å². The molecule has 1 saturated heterocycles. The first-order valence-corrected chi connectivity index (χ1v) is 7.00. The standard InChI is InChI=1S/C14H19BrN2O/c1-14(2)10(9-16-3)8-13(18)17(14)12-7-5-4-6-11(12)15/h4-7,10,16H,8-9H2,1-3H3. The van der Waals surface area contributed by atoms with Gasteiger partial charge in [0.1, 0.15) is 0 Å². The molecule has 98 valence electrons. The van der Waals surface area contributed by atoms with Crippen molar-refractivity contribution in [1.82, 2.24) is 5.32 Å². The molecule has 1 aliphatic rings. The Hall–Kier alpha value is -0.870. The number of benzene rings is 1. The number of carbonyl (C=O) groups excluding carboxylic acids is 1. The highest BCUT2D eigenvalue weighted by molar-refractivity contribution is 9.10. The minimum atomic E-state index is -0.163. The summed E-state index contributed by atoms with van der Waals surface area (Å²) in [6, 6.07) is 7.90. The number of carbonyl (C=O) groups is 1. The number of rotatable bonds is 3. The van der Waals surface area contributed by atoms with Crippen LogP contribution in [0.5, 0.6) is 0 Å². The monoisotopic (exact) mass is 310 g/mol. The van der Waals surface area contributed by atoms with Gasteiger partial charge in [-0.15, -0.1) is 0 Å². The first-order chi connectivity index (χ1) is 8.48. The van der Waals surface area contributed by atoms with Gasteiger partial charge in [0.15, 0.2) is 0 Å². The van der Waals surface area contributed by atoms with Crippen molar-refractivity contribution in [2.75, 3.05) is 18.5 Å². The molecule has 0 radical (unpaired) electrons. The molecular formula is C14H19BrN2O. The highest BCUT2D eigenvalue weighted by Gasteiger charge is 2.46. The number of hydrogen-bond acceptors (Lipinski definition) is 2. The lowest BCUT2D eigenvalue weighted by Crippen LogP contribution is -2.46. The third kappa shape index (κ3) is 2.19. The average Bonchev–Trinajstić information content (AvgIpc) is 2.52. The molecule has 1 unspecified atom stereocenters. The summed E-state index contributed by atoms with van der Waals surface area (Å²) in [5, 5.41) is 3.18. The first kappa shape index (κ1) is 13.6. The predicted molar refractivity (Wildman–Crippen MR) is 77.7 cm³/mol. The van der Waals surface area contributed by atoms with E-state index in [-0.39, 0.29) is 11.4 Å². The molecule has 3 nitrogen and oxygen atoms in total. The van der Waals surface area contributed by atoms with Gasteiger partial charge in [0.2, 0.25) is 5.91 Å². The molecule has 0 aliphatic carbocycles. The van der Waals surface area contributed by atoms with Gasteiger partial charge in [0.05, 0.1) is 5.69 Å². The molecule has 18 heavy (non-hydrogen) atoms. The average molecular weight is 311 g/mol. The van der Waals surface area contributed by atoms with Gasteiger partial charge in [0, 0.05) is 28.9 Å². The minimum absolute atomic E-state index is 0.163. The van der Waals surface area contributed by atoms with E-state index >= 15 is 0 Å². The van der Waals surface area contributed by atoms with E-state index in [9.17, 15) is 4.79 Å². The van der Waals surface area contributed by atoms with E-state index < -0.39 is 0 Å². The van der Waals surface area contributed by atoms with Crippen LogP contribution in [0.1, 0.15) is 20.3 Å². The van der Waals surface area contributed by atoms with Gasteiger partial charge < -0.3 is 10.2 Å². The molecule has 1 aliphatic heterocycles. The van der Waals surface area contributed by atoms with Crippen LogP contribution in [0.2, 0.25) is 0 Å². The number of para-hydroxylation sites is 1. The number of halogens is 1.